The Labute approximate surface area is 106 Å². The van der Waals surface area contributed by atoms with Crippen LogP contribution in [0, 0.1) is 6.92 Å². The molecule has 1 atom stereocenters. The first-order chi connectivity index (χ1) is 8.72. The molecule has 0 aliphatic heterocycles. The summed E-state index contributed by atoms with van der Waals surface area (Å²) in [7, 11) is 0. The average Bonchev–Trinajstić information content (AvgIpc) is 2.75. The van der Waals surface area contributed by atoms with Crippen LogP contribution in [0.25, 0.3) is 0 Å². The van der Waals surface area contributed by atoms with E-state index in [9.17, 15) is 5.11 Å². The van der Waals surface area contributed by atoms with E-state index >= 15 is 0 Å². The van der Waals surface area contributed by atoms with Gasteiger partial charge < -0.3 is 24.4 Å². The van der Waals surface area contributed by atoms with Gasteiger partial charge in [-0.25, -0.2) is 0 Å². The Kier molecular flexibility index (Phi) is 7.51. The first kappa shape index (κ1) is 15.0. The van der Waals surface area contributed by atoms with Crippen LogP contribution in [0.15, 0.2) is 4.52 Å². The second kappa shape index (κ2) is 8.98. The maximum absolute atomic E-state index is 9.60. The van der Waals surface area contributed by atoms with Gasteiger partial charge in [0, 0.05) is 20.1 Å². The fraction of sp³-hybridized carbons (Fsp3) is 0.818. The zero-order valence-electron chi connectivity index (χ0n) is 10.9. The Balaban J connectivity index is 1.98. The van der Waals surface area contributed by atoms with Gasteiger partial charge in [0.05, 0.1) is 32.5 Å². The van der Waals surface area contributed by atoms with Gasteiger partial charge in [0.1, 0.15) is 0 Å². The van der Waals surface area contributed by atoms with Crippen LogP contribution in [0.5, 0.6) is 0 Å². The lowest BCUT2D eigenvalue weighted by Crippen LogP contribution is -2.30. The zero-order valence-corrected chi connectivity index (χ0v) is 10.9. The van der Waals surface area contributed by atoms with Crippen molar-refractivity contribution in [3.8, 4) is 0 Å². The van der Waals surface area contributed by atoms with E-state index in [4.69, 9.17) is 14.0 Å². The van der Waals surface area contributed by atoms with Crippen molar-refractivity contribution in [2.75, 3.05) is 33.0 Å². The molecule has 7 nitrogen and oxygen atoms in total. The van der Waals surface area contributed by atoms with Crippen molar-refractivity contribution in [1.29, 1.82) is 0 Å². The predicted octanol–water partition coefficient (Wildman–Crippen LogP) is -0.118. The van der Waals surface area contributed by atoms with Gasteiger partial charge in [-0.1, -0.05) is 5.16 Å². The van der Waals surface area contributed by atoms with Crippen molar-refractivity contribution in [1.82, 2.24) is 15.5 Å². The summed E-state index contributed by atoms with van der Waals surface area (Å²) >= 11 is 0. The number of nitrogens with one attached hydrogen (secondary N) is 1. The topological polar surface area (TPSA) is 89.6 Å². The van der Waals surface area contributed by atoms with Gasteiger partial charge >= 0.3 is 0 Å². The van der Waals surface area contributed by atoms with Gasteiger partial charge in [-0.2, -0.15) is 4.98 Å². The Hall–Kier alpha value is -1.02. The van der Waals surface area contributed by atoms with Crippen LogP contribution in [-0.4, -0.2) is 54.3 Å². The molecule has 0 radical (unpaired) electrons. The molecule has 1 aromatic heterocycles. The highest BCUT2D eigenvalue weighted by atomic mass is 16.5. The van der Waals surface area contributed by atoms with Crippen LogP contribution < -0.4 is 5.32 Å². The molecule has 104 valence electrons. The first-order valence-corrected chi connectivity index (χ1v) is 6.05. The number of rotatable bonds is 10. The fourth-order valence-electron chi connectivity index (χ4n) is 1.30. The van der Waals surface area contributed by atoms with Crippen molar-refractivity contribution >= 4 is 0 Å². The molecule has 2 N–H and O–H groups in total. The molecule has 7 heteroatoms. The lowest BCUT2D eigenvalue weighted by atomic mass is 10.4. The summed E-state index contributed by atoms with van der Waals surface area (Å²) in [6.45, 7) is 6.56. The van der Waals surface area contributed by atoms with Crippen molar-refractivity contribution in [3.05, 3.63) is 11.7 Å². The molecule has 1 rings (SSSR count). The molecule has 0 amide bonds. The lowest BCUT2D eigenvalue weighted by molar-refractivity contribution is 0.00637. The Morgan fingerprint density at radius 1 is 1.39 bits per heavy atom. The normalized spacial score (nSPS) is 12.8. The summed E-state index contributed by atoms with van der Waals surface area (Å²) in [4.78, 5) is 4.03. The fourth-order valence-corrected chi connectivity index (χ4v) is 1.30. The zero-order chi connectivity index (χ0) is 13.2. The summed E-state index contributed by atoms with van der Waals surface area (Å²) in [6, 6.07) is 0. The van der Waals surface area contributed by atoms with Gasteiger partial charge in [-0.15, -0.1) is 0 Å². The van der Waals surface area contributed by atoms with Gasteiger partial charge in [0.2, 0.25) is 5.89 Å². The van der Waals surface area contributed by atoms with Crippen molar-refractivity contribution in [2.45, 2.75) is 26.5 Å². The summed E-state index contributed by atoms with van der Waals surface area (Å²) in [6.07, 6.45) is -0.556. The van der Waals surface area contributed by atoms with E-state index in [1.54, 1.807) is 6.92 Å². The monoisotopic (exact) mass is 259 g/mol. The number of aryl methyl sites for hydroxylation is 1. The molecule has 0 saturated heterocycles. The number of nitrogens with zero attached hydrogens (tertiary/aromatic N) is 2. The molecule has 18 heavy (non-hydrogen) atoms. The standard InChI is InChI=1S/C11H21N3O4/c1-3-16-4-5-17-8-10(15)6-12-7-11-13-9(2)18-14-11/h10,12,15H,3-8H2,1-2H3. The smallest absolute Gasteiger partial charge is 0.223 e. The number of ether oxygens (including phenoxy) is 2. The van der Waals surface area contributed by atoms with E-state index in [1.165, 1.54) is 0 Å². The third-order valence-corrected chi connectivity index (χ3v) is 2.12. The average molecular weight is 259 g/mol. The molecule has 0 aromatic carbocycles. The molecular weight excluding hydrogens is 238 g/mol. The largest absolute Gasteiger partial charge is 0.389 e. The minimum atomic E-state index is -0.556. The Bertz CT molecular complexity index is 319. The molecule has 0 spiro atoms. The van der Waals surface area contributed by atoms with Crippen LogP contribution in [0.3, 0.4) is 0 Å². The maximum atomic E-state index is 9.60. The molecule has 1 heterocycles. The highest BCUT2D eigenvalue weighted by molar-refractivity contribution is 4.82. The summed E-state index contributed by atoms with van der Waals surface area (Å²) in [5.74, 6) is 1.11. The molecule has 1 aromatic rings. The van der Waals surface area contributed by atoms with Crippen LogP contribution in [0.4, 0.5) is 0 Å². The van der Waals surface area contributed by atoms with E-state index in [0.717, 1.165) is 0 Å². The van der Waals surface area contributed by atoms with E-state index in [-0.39, 0.29) is 6.61 Å². The molecule has 0 saturated carbocycles. The van der Waals surface area contributed by atoms with E-state index in [0.29, 0.717) is 44.6 Å². The number of aliphatic hydroxyl groups excluding tert-OH is 1. The Morgan fingerprint density at radius 3 is 2.83 bits per heavy atom. The minimum absolute atomic E-state index is 0.283. The third kappa shape index (κ3) is 6.65. The summed E-state index contributed by atoms with van der Waals surface area (Å²) in [5.41, 5.74) is 0. The molecule has 0 aliphatic rings. The second-order valence-corrected chi connectivity index (χ2v) is 3.79. The first-order valence-electron chi connectivity index (χ1n) is 6.05. The van der Waals surface area contributed by atoms with Gasteiger partial charge in [-0.05, 0) is 6.92 Å². The quantitative estimate of drug-likeness (QED) is 0.566. The molecule has 0 bridgehead atoms. The lowest BCUT2D eigenvalue weighted by Gasteiger charge is -2.11. The molecule has 0 aliphatic carbocycles. The maximum Gasteiger partial charge on any atom is 0.223 e. The predicted molar refractivity (Wildman–Crippen MR) is 64.1 cm³/mol. The second-order valence-electron chi connectivity index (χ2n) is 3.79. The van der Waals surface area contributed by atoms with Gasteiger partial charge in [0.15, 0.2) is 5.82 Å². The van der Waals surface area contributed by atoms with Crippen molar-refractivity contribution < 1.29 is 19.1 Å². The molecule has 1 unspecified atom stereocenters. The minimum Gasteiger partial charge on any atom is -0.389 e. The highest BCUT2D eigenvalue weighted by Gasteiger charge is 2.06. The van der Waals surface area contributed by atoms with Gasteiger partial charge in [0.25, 0.3) is 0 Å². The van der Waals surface area contributed by atoms with E-state index in [2.05, 4.69) is 15.5 Å². The van der Waals surface area contributed by atoms with Crippen LogP contribution in [0.2, 0.25) is 0 Å². The van der Waals surface area contributed by atoms with Crippen LogP contribution in [-0.2, 0) is 16.0 Å². The molecular formula is C11H21N3O4. The van der Waals surface area contributed by atoms with E-state index < -0.39 is 6.10 Å². The number of hydrogen-bond acceptors (Lipinski definition) is 7. The number of aromatic nitrogens is 2. The van der Waals surface area contributed by atoms with Crippen molar-refractivity contribution in [3.63, 3.8) is 0 Å². The molecule has 0 fully saturated rings. The SMILES string of the molecule is CCOCCOCC(O)CNCc1noc(C)n1. The van der Waals surface area contributed by atoms with Crippen LogP contribution in [0.1, 0.15) is 18.6 Å². The number of hydrogen-bond donors (Lipinski definition) is 2. The van der Waals surface area contributed by atoms with Crippen molar-refractivity contribution in [2.24, 2.45) is 0 Å². The van der Waals surface area contributed by atoms with E-state index in [1.807, 2.05) is 6.92 Å². The highest BCUT2D eigenvalue weighted by Crippen LogP contribution is 1.94. The Morgan fingerprint density at radius 2 is 2.17 bits per heavy atom. The summed E-state index contributed by atoms with van der Waals surface area (Å²) < 4.78 is 15.2. The summed E-state index contributed by atoms with van der Waals surface area (Å²) in [5, 5.41) is 16.3. The van der Waals surface area contributed by atoms with Crippen LogP contribution >= 0.6 is 0 Å². The third-order valence-electron chi connectivity index (χ3n) is 2.12. The number of aliphatic hydroxyl groups is 1. The van der Waals surface area contributed by atoms with Gasteiger partial charge in [-0.3, -0.25) is 0 Å².